The van der Waals surface area contributed by atoms with Gasteiger partial charge in [-0.15, -0.1) is 0 Å². The van der Waals surface area contributed by atoms with Crippen LogP contribution in [0.4, 0.5) is 0 Å². The molecule has 2 heterocycles. The van der Waals surface area contributed by atoms with Crippen molar-refractivity contribution in [2.24, 2.45) is 28.6 Å². The van der Waals surface area contributed by atoms with Crippen molar-refractivity contribution in [1.82, 2.24) is 15.3 Å². The highest BCUT2D eigenvalue weighted by molar-refractivity contribution is 6.01. The lowest BCUT2D eigenvalue weighted by atomic mass is 9.46. The van der Waals surface area contributed by atoms with E-state index in [-0.39, 0.29) is 41.6 Å². The fourth-order valence-electron chi connectivity index (χ4n) is 9.37. The van der Waals surface area contributed by atoms with Gasteiger partial charge in [0.15, 0.2) is 23.0 Å². The first-order chi connectivity index (χ1) is 19.9. The van der Waals surface area contributed by atoms with Gasteiger partial charge < -0.3 is 19.9 Å². The van der Waals surface area contributed by atoms with Gasteiger partial charge in [-0.3, -0.25) is 19.4 Å². The number of amides is 1. The monoisotopic (exact) mass is 571 g/mol. The second kappa shape index (κ2) is 9.11. The molecule has 0 radical (unpaired) electrons. The van der Waals surface area contributed by atoms with Crippen LogP contribution < -0.4 is 5.32 Å². The highest BCUT2D eigenvalue weighted by atomic mass is 16.8. The van der Waals surface area contributed by atoms with Crippen LogP contribution >= 0.6 is 0 Å². The minimum Gasteiger partial charge on any atom is -0.393 e. The fourth-order valence-corrected chi connectivity index (χ4v) is 9.37. The Labute approximate surface area is 244 Å². The Balaban J connectivity index is 1.19. The summed E-state index contributed by atoms with van der Waals surface area (Å²) in [6, 6.07) is 7.29. The SMILES string of the molecule is CC1(C)O[C@@H]2CC3C4CCC5=CC(=O)C=CC5(C)C4[C@@H](O)CC3(C)[C@]2(C(=O)CNC(=O)c2cnc3ccccc3n2)O1. The summed E-state index contributed by atoms with van der Waals surface area (Å²) in [6.07, 6.45) is 8.11. The molecule has 4 aliphatic carbocycles. The quantitative estimate of drug-likeness (QED) is 0.569. The summed E-state index contributed by atoms with van der Waals surface area (Å²) >= 11 is 0. The van der Waals surface area contributed by atoms with E-state index in [1.54, 1.807) is 18.2 Å². The predicted molar refractivity (Wildman–Crippen MR) is 153 cm³/mol. The summed E-state index contributed by atoms with van der Waals surface area (Å²) in [7, 11) is 0. The summed E-state index contributed by atoms with van der Waals surface area (Å²) in [4.78, 5) is 48.4. The highest BCUT2D eigenvalue weighted by Gasteiger charge is 2.76. The number of hydrogen-bond acceptors (Lipinski definition) is 8. The minimum absolute atomic E-state index is 0.00300. The molecule has 5 unspecified atom stereocenters. The number of nitrogens with one attached hydrogen (secondary N) is 1. The Morgan fingerprint density at radius 2 is 1.90 bits per heavy atom. The van der Waals surface area contributed by atoms with E-state index in [1.807, 2.05) is 38.1 Å². The van der Waals surface area contributed by atoms with Gasteiger partial charge in [0.2, 0.25) is 0 Å². The number of hydrogen-bond donors (Lipinski definition) is 2. The molecule has 4 fully saturated rings. The average molecular weight is 572 g/mol. The van der Waals surface area contributed by atoms with Crippen LogP contribution in [-0.2, 0) is 19.1 Å². The smallest absolute Gasteiger partial charge is 0.271 e. The van der Waals surface area contributed by atoms with Crippen LogP contribution in [0.15, 0.2) is 54.3 Å². The van der Waals surface area contributed by atoms with Crippen molar-refractivity contribution < 1.29 is 29.0 Å². The topological polar surface area (TPSA) is 128 Å². The lowest BCUT2D eigenvalue weighted by Crippen LogP contribution is -2.64. The third kappa shape index (κ3) is 3.76. The molecule has 1 aliphatic heterocycles. The van der Waals surface area contributed by atoms with Gasteiger partial charge in [-0.25, -0.2) is 4.98 Å². The summed E-state index contributed by atoms with van der Waals surface area (Å²) in [5.74, 6) is -1.66. The lowest BCUT2D eigenvalue weighted by molar-refractivity contribution is -0.224. The number of allylic oxidation sites excluding steroid dienone is 4. The maximum Gasteiger partial charge on any atom is 0.271 e. The molecule has 1 aromatic carbocycles. The maximum atomic E-state index is 14.3. The molecule has 9 heteroatoms. The zero-order valence-corrected chi connectivity index (χ0v) is 24.4. The zero-order chi connectivity index (χ0) is 29.7. The van der Waals surface area contributed by atoms with Crippen LogP contribution in [0.1, 0.15) is 63.9 Å². The van der Waals surface area contributed by atoms with Crippen LogP contribution in [0.5, 0.6) is 0 Å². The molecule has 1 aromatic heterocycles. The molecular weight excluding hydrogens is 534 g/mol. The number of Topliss-reactive ketones (excluding diaryl/α,β-unsaturated/α-hetero) is 1. The third-order valence-corrected chi connectivity index (χ3v) is 11.0. The number of rotatable bonds is 4. The molecule has 1 saturated heterocycles. The number of aromatic nitrogens is 2. The predicted octanol–water partition coefficient (Wildman–Crippen LogP) is 3.71. The van der Waals surface area contributed by atoms with Crippen molar-refractivity contribution in [2.75, 3.05) is 6.54 Å². The molecule has 2 N–H and O–H groups in total. The molecule has 3 saturated carbocycles. The van der Waals surface area contributed by atoms with Gasteiger partial charge in [-0.05, 0) is 75.7 Å². The van der Waals surface area contributed by atoms with Gasteiger partial charge in [0.25, 0.3) is 5.91 Å². The Morgan fingerprint density at radius 3 is 2.69 bits per heavy atom. The third-order valence-electron chi connectivity index (χ3n) is 11.0. The van der Waals surface area contributed by atoms with Crippen molar-refractivity contribution in [3.05, 3.63) is 60.0 Å². The van der Waals surface area contributed by atoms with Crippen molar-refractivity contribution in [3.8, 4) is 0 Å². The molecule has 7 rings (SSSR count). The Bertz CT molecular complexity index is 1580. The summed E-state index contributed by atoms with van der Waals surface area (Å²) in [5.41, 5.74) is 0.0206. The molecular formula is C33H37N3O6. The van der Waals surface area contributed by atoms with E-state index in [0.717, 1.165) is 18.4 Å². The van der Waals surface area contributed by atoms with Gasteiger partial charge in [-0.1, -0.05) is 37.6 Å². The average Bonchev–Trinajstić information content (AvgIpc) is 3.36. The van der Waals surface area contributed by atoms with Crippen molar-refractivity contribution >= 4 is 28.5 Å². The largest absolute Gasteiger partial charge is 0.393 e. The molecule has 0 spiro atoms. The second-order valence-electron chi connectivity index (χ2n) is 13.6. The number of ether oxygens (including phenoxy) is 2. The van der Waals surface area contributed by atoms with Crippen molar-refractivity contribution in [1.29, 1.82) is 0 Å². The first-order valence-corrected chi connectivity index (χ1v) is 14.9. The van der Waals surface area contributed by atoms with Crippen molar-refractivity contribution in [3.63, 3.8) is 0 Å². The number of benzene rings is 1. The van der Waals surface area contributed by atoms with Gasteiger partial charge in [0.05, 0.1) is 36.0 Å². The number of para-hydroxylation sites is 2. The first-order valence-electron chi connectivity index (χ1n) is 14.9. The summed E-state index contributed by atoms with van der Waals surface area (Å²) in [6.45, 7) is 7.55. The van der Waals surface area contributed by atoms with Crippen LogP contribution in [0.25, 0.3) is 11.0 Å². The molecule has 9 nitrogen and oxygen atoms in total. The molecule has 8 atom stereocenters. The van der Waals surface area contributed by atoms with E-state index < -0.39 is 40.3 Å². The molecule has 5 aliphatic rings. The standard InChI is InChI=1S/C33H37N3O6/c1-30(2)41-27-14-21-20-10-9-18-13-19(37)11-12-31(18,3)28(20)25(38)15-32(21,4)33(27,42-30)26(39)17-35-29(40)24-16-34-22-7-5-6-8-23(22)36-24/h5-8,11-13,16,20-21,25,27-28,38H,9-10,14-15,17H2,1-4H3,(H,35,40)/t20?,21?,25-,27+,28?,31?,32?,33+/m0/s1. The van der Waals surface area contributed by atoms with E-state index in [9.17, 15) is 19.5 Å². The molecule has 1 amide bonds. The van der Waals surface area contributed by atoms with Gasteiger partial charge in [0, 0.05) is 16.7 Å². The Kier molecular flexibility index (Phi) is 5.98. The number of aliphatic hydroxyl groups excluding tert-OH is 1. The maximum absolute atomic E-state index is 14.3. The number of aliphatic hydroxyl groups is 1. The molecule has 220 valence electrons. The van der Waals surface area contributed by atoms with E-state index in [1.165, 1.54) is 6.20 Å². The fraction of sp³-hybridized carbons (Fsp3) is 0.545. The van der Waals surface area contributed by atoms with Crippen LogP contribution in [0.2, 0.25) is 0 Å². The van der Waals surface area contributed by atoms with E-state index in [4.69, 9.17) is 9.47 Å². The second-order valence-corrected chi connectivity index (χ2v) is 13.6. The first kappa shape index (κ1) is 27.6. The summed E-state index contributed by atoms with van der Waals surface area (Å²) in [5, 5.41) is 14.6. The van der Waals surface area contributed by atoms with Crippen LogP contribution in [0, 0.1) is 28.6 Å². The molecule has 0 bridgehead atoms. The van der Waals surface area contributed by atoms with E-state index in [0.29, 0.717) is 23.9 Å². The molecule has 2 aromatic rings. The van der Waals surface area contributed by atoms with E-state index >= 15 is 0 Å². The zero-order valence-electron chi connectivity index (χ0n) is 24.4. The number of nitrogens with zero attached hydrogens (tertiary/aromatic N) is 2. The minimum atomic E-state index is -1.33. The highest BCUT2D eigenvalue weighted by Crippen LogP contribution is 2.70. The number of carbonyl (C=O) groups excluding carboxylic acids is 3. The van der Waals surface area contributed by atoms with Crippen LogP contribution in [-0.4, -0.2) is 62.7 Å². The van der Waals surface area contributed by atoms with Crippen molar-refractivity contribution in [2.45, 2.75) is 77.0 Å². The number of fused-ring (bicyclic) bond motifs is 8. The number of ketones is 2. The lowest BCUT2D eigenvalue weighted by Gasteiger charge is -2.60. The van der Waals surface area contributed by atoms with Gasteiger partial charge >= 0.3 is 0 Å². The Hall–Kier alpha value is -3.27. The summed E-state index contributed by atoms with van der Waals surface area (Å²) < 4.78 is 13.1. The Morgan fingerprint density at radius 1 is 1.14 bits per heavy atom. The molecule has 42 heavy (non-hydrogen) atoms. The number of carbonyl (C=O) groups is 3. The van der Waals surface area contributed by atoms with Crippen LogP contribution in [0.3, 0.4) is 0 Å². The normalized spacial score (nSPS) is 39.6. The van der Waals surface area contributed by atoms with E-state index in [2.05, 4.69) is 29.1 Å². The van der Waals surface area contributed by atoms with Gasteiger partial charge in [0.1, 0.15) is 5.69 Å². The van der Waals surface area contributed by atoms with Gasteiger partial charge in [-0.2, -0.15) is 0 Å².